The predicted octanol–water partition coefficient (Wildman–Crippen LogP) is 2.28. The van der Waals surface area contributed by atoms with Crippen molar-refractivity contribution in [2.75, 3.05) is 5.32 Å². The standard InChI is InChI=1S/C17H15N7/c1-3-13(7-14(4-1)9-24-12-18-10-23-24)8-20-17-15-5-2-6-19-16(15)21-11-22-17/h1-7,10-12H,8-9H2,(H,19,20,21,22). The number of rotatable bonds is 5. The Kier molecular flexibility index (Phi) is 3.81. The number of fused-ring (bicyclic) bond motifs is 1. The lowest BCUT2D eigenvalue weighted by atomic mass is 10.1. The van der Waals surface area contributed by atoms with Gasteiger partial charge >= 0.3 is 0 Å². The summed E-state index contributed by atoms with van der Waals surface area (Å²) in [5.41, 5.74) is 3.03. The number of benzene rings is 1. The van der Waals surface area contributed by atoms with Crippen molar-refractivity contribution < 1.29 is 0 Å². The molecule has 0 saturated heterocycles. The zero-order chi connectivity index (χ0) is 16.2. The van der Waals surface area contributed by atoms with E-state index in [1.54, 1.807) is 23.5 Å². The van der Waals surface area contributed by atoms with Crippen LogP contribution in [0.4, 0.5) is 5.82 Å². The van der Waals surface area contributed by atoms with Gasteiger partial charge in [0.05, 0.1) is 11.9 Å². The number of hydrogen-bond acceptors (Lipinski definition) is 6. The molecule has 0 aliphatic heterocycles. The third kappa shape index (κ3) is 3.05. The first-order chi connectivity index (χ1) is 11.9. The van der Waals surface area contributed by atoms with E-state index in [1.165, 1.54) is 17.5 Å². The first kappa shape index (κ1) is 14.3. The van der Waals surface area contributed by atoms with Crippen molar-refractivity contribution in [3.8, 4) is 0 Å². The molecule has 0 amide bonds. The number of anilines is 1. The summed E-state index contributed by atoms with van der Waals surface area (Å²) in [7, 11) is 0. The van der Waals surface area contributed by atoms with E-state index in [2.05, 4.69) is 48.6 Å². The molecule has 0 aliphatic carbocycles. The van der Waals surface area contributed by atoms with Crippen LogP contribution in [0.3, 0.4) is 0 Å². The van der Waals surface area contributed by atoms with Crippen LogP contribution in [0, 0.1) is 0 Å². The second kappa shape index (κ2) is 6.41. The molecule has 3 aromatic heterocycles. The van der Waals surface area contributed by atoms with Crippen LogP contribution in [0.1, 0.15) is 11.1 Å². The summed E-state index contributed by atoms with van der Waals surface area (Å²) in [6.45, 7) is 1.38. The third-order valence-electron chi connectivity index (χ3n) is 3.67. The summed E-state index contributed by atoms with van der Waals surface area (Å²) in [5.74, 6) is 0.787. The van der Waals surface area contributed by atoms with Crippen molar-refractivity contribution in [1.29, 1.82) is 0 Å². The molecule has 0 radical (unpaired) electrons. The van der Waals surface area contributed by atoms with E-state index in [0.29, 0.717) is 18.7 Å². The number of hydrogen-bond donors (Lipinski definition) is 1. The second-order valence-electron chi connectivity index (χ2n) is 5.36. The van der Waals surface area contributed by atoms with Crippen molar-refractivity contribution in [2.24, 2.45) is 0 Å². The maximum Gasteiger partial charge on any atom is 0.164 e. The smallest absolute Gasteiger partial charge is 0.164 e. The first-order valence-corrected chi connectivity index (χ1v) is 7.58. The van der Waals surface area contributed by atoms with Crippen LogP contribution in [0.5, 0.6) is 0 Å². The fourth-order valence-corrected chi connectivity index (χ4v) is 2.56. The van der Waals surface area contributed by atoms with Gasteiger partial charge in [0, 0.05) is 12.7 Å². The van der Waals surface area contributed by atoms with Crippen molar-refractivity contribution in [3.05, 3.63) is 72.7 Å². The number of aromatic nitrogens is 6. The highest BCUT2D eigenvalue weighted by Gasteiger charge is 2.04. The van der Waals surface area contributed by atoms with Gasteiger partial charge in [0.2, 0.25) is 0 Å². The topological polar surface area (TPSA) is 81.4 Å². The summed E-state index contributed by atoms with van der Waals surface area (Å²) in [5, 5.41) is 8.41. The Morgan fingerprint density at radius 3 is 2.83 bits per heavy atom. The van der Waals surface area contributed by atoms with E-state index >= 15 is 0 Å². The maximum absolute atomic E-state index is 4.32. The van der Waals surface area contributed by atoms with Crippen molar-refractivity contribution in [1.82, 2.24) is 29.7 Å². The minimum atomic E-state index is 0.673. The molecule has 1 aromatic carbocycles. The minimum absolute atomic E-state index is 0.673. The van der Waals surface area contributed by atoms with Crippen LogP contribution in [-0.4, -0.2) is 29.7 Å². The second-order valence-corrected chi connectivity index (χ2v) is 5.36. The van der Waals surface area contributed by atoms with E-state index in [1.807, 2.05) is 18.2 Å². The van der Waals surface area contributed by atoms with Gasteiger partial charge in [0.1, 0.15) is 24.8 Å². The molecule has 0 spiro atoms. The largest absolute Gasteiger partial charge is 0.365 e. The van der Waals surface area contributed by atoms with Gasteiger partial charge in [0.25, 0.3) is 0 Å². The Morgan fingerprint density at radius 1 is 0.958 bits per heavy atom. The van der Waals surface area contributed by atoms with Gasteiger partial charge in [-0.25, -0.2) is 24.6 Å². The average molecular weight is 317 g/mol. The zero-order valence-electron chi connectivity index (χ0n) is 12.9. The Bertz CT molecular complexity index is 945. The molecule has 7 heteroatoms. The zero-order valence-corrected chi connectivity index (χ0v) is 12.9. The van der Waals surface area contributed by atoms with Gasteiger partial charge in [-0.3, -0.25) is 0 Å². The first-order valence-electron chi connectivity index (χ1n) is 7.58. The highest BCUT2D eigenvalue weighted by atomic mass is 15.3. The molecule has 4 aromatic rings. The molecule has 118 valence electrons. The average Bonchev–Trinajstić information content (AvgIpc) is 3.13. The van der Waals surface area contributed by atoms with Crippen molar-refractivity contribution in [2.45, 2.75) is 13.1 Å². The number of nitrogens with one attached hydrogen (secondary N) is 1. The van der Waals surface area contributed by atoms with Crippen LogP contribution in [0.2, 0.25) is 0 Å². The van der Waals surface area contributed by atoms with Crippen LogP contribution in [-0.2, 0) is 13.1 Å². The molecular weight excluding hydrogens is 302 g/mol. The summed E-state index contributed by atoms with van der Waals surface area (Å²) >= 11 is 0. The van der Waals surface area contributed by atoms with E-state index in [9.17, 15) is 0 Å². The summed E-state index contributed by atoms with van der Waals surface area (Å²) in [4.78, 5) is 16.7. The van der Waals surface area contributed by atoms with Gasteiger partial charge < -0.3 is 5.32 Å². The Morgan fingerprint density at radius 2 is 1.92 bits per heavy atom. The number of nitrogens with zero attached hydrogens (tertiary/aromatic N) is 6. The summed E-state index contributed by atoms with van der Waals surface area (Å²) < 4.78 is 1.80. The van der Waals surface area contributed by atoms with E-state index in [4.69, 9.17) is 0 Å². The molecule has 7 nitrogen and oxygen atoms in total. The lowest BCUT2D eigenvalue weighted by Gasteiger charge is -2.09. The molecule has 0 bridgehead atoms. The SMILES string of the molecule is c1cc(CNc2ncnc3ncccc23)cc(Cn2cncn2)c1. The molecule has 0 unspecified atom stereocenters. The number of pyridine rings is 1. The highest BCUT2D eigenvalue weighted by molar-refractivity contribution is 5.85. The quantitative estimate of drug-likeness (QED) is 0.608. The van der Waals surface area contributed by atoms with Gasteiger partial charge in [-0.15, -0.1) is 0 Å². The summed E-state index contributed by atoms with van der Waals surface area (Å²) in [6, 6.07) is 12.2. The van der Waals surface area contributed by atoms with Gasteiger partial charge in [0.15, 0.2) is 5.65 Å². The van der Waals surface area contributed by atoms with Crippen molar-refractivity contribution in [3.63, 3.8) is 0 Å². The van der Waals surface area contributed by atoms with Crippen LogP contribution in [0.25, 0.3) is 11.0 Å². The molecule has 0 fully saturated rings. The van der Waals surface area contributed by atoms with E-state index in [-0.39, 0.29) is 0 Å². The molecule has 0 atom stereocenters. The van der Waals surface area contributed by atoms with Gasteiger partial charge in [-0.1, -0.05) is 24.3 Å². The molecular formula is C17H15N7. The lowest BCUT2D eigenvalue weighted by Crippen LogP contribution is -2.05. The third-order valence-corrected chi connectivity index (χ3v) is 3.67. The minimum Gasteiger partial charge on any atom is -0.365 e. The highest BCUT2D eigenvalue weighted by Crippen LogP contribution is 2.17. The Labute approximate surface area is 138 Å². The fourth-order valence-electron chi connectivity index (χ4n) is 2.56. The monoisotopic (exact) mass is 317 g/mol. The molecule has 0 saturated carbocycles. The van der Waals surface area contributed by atoms with Crippen molar-refractivity contribution >= 4 is 16.9 Å². The Balaban J connectivity index is 1.51. The molecule has 0 aliphatic rings. The van der Waals surface area contributed by atoms with Gasteiger partial charge in [-0.2, -0.15) is 5.10 Å². The maximum atomic E-state index is 4.32. The van der Waals surface area contributed by atoms with Crippen LogP contribution in [0.15, 0.2) is 61.6 Å². The molecule has 24 heavy (non-hydrogen) atoms. The van der Waals surface area contributed by atoms with E-state index in [0.717, 1.165) is 11.2 Å². The Hall–Kier alpha value is -3.35. The lowest BCUT2D eigenvalue weighted by molar-refractivity contribution is 0.684. The van der Waals surface area contributed by atoms with Gasteiger partial charge in [-0.05, 0) is 23.3 Å². The van der Waals surface area contributed by atoms with Crippen LogP contribution < -0.4 is 5.32 Å². The molecule has 4 rings (SSSR count). The summed E-state index contributed by atoms with van der Waals surface area (Å²) in [6.07, 6.45) is 6.51. The van der Waals surface area contributed by atoms with Crippen LogP contribution >= 0.6 is 0 Å². The normalized spacial score (nSPS) is 10.8. The molecule has 1 N–H and O–H groups in total. The molecule has 3 heterocycles. The predicted molar refractivity (Wildman–Crippen MR) is 90.2 cm³/mol. The fraction of sp³-hybridized carbons (Fsp3) is 0.118. The van der Waals surface area contributed by atoms with E-state index < -0.39 is 0 Å².